The molecule has 0 saturated heterocycles. The molecule has 0 aliphatic rings. The minimum absolute atomic E-state index is 0.267. The van der Waals surface area contributed by atoms with Crippen LogP contribution in [0.25, 0.3) is 0 Å². The Morgan fingerprint density at radius 2 is 1.33 bits per heavy atom. The number of hydrogen-bond acceptors (Lipinski definition) is 4. The summed E-state index contributed by atoms with van der Waals surface area (Å²) in [6.45, 7) is 10.8. The van der Waals surface area contributed by atoms with Gasteiger partial charge >= 0.3 is 11.9 Å². The van der Waals surface area contributed by atoms with Crippen molar-refractivity contribution in [2.45, 2.75) is 66.7 Å². The molecule has 0 rings (SSSR count). The van der Waals surface area contributed by atoms with Gasteiger partial charge in [0.25, 0.3) is 0 Å². The van der Waals surface area contributed by atoms with E-state index in [4.69, 9.17) is 9.47 Å². The second kappa shape index (κ2) is 11.6. The second-order valence-electron chi connectivity index (χ2n) is 6.07. The van der Waals surface area contributed by atoms with Gasteiger partial charge in [0.2, 0.25) is 0 Å². The Morgan fingerprint density at radius 3 is 1.76 bits per heavy atom. The predicted molar refractivity (Wildman–Crippen MR) is 83.8 cm³/mol. The van der Waals surface area contributed by atoms with Crippen LogP contribution in [0.2, 0.25) is 0 Å². The molecule has 0 bridgehead atoms. The van der Waals surface area contributed by atoms with Crippen LogP contribution in [0.15, 0.2) is 0 Å². The standard InChI is InChI=1S/C17H32O4/c1-6-8-10-20-16(18)14(5)15(12-13(3)4)17(19)21-11-9-7-2/h13-15H,6-12H2,1-5H3. The van der Waals surface area contributed by atoms with E-state index in [1.807, 2.05) is 27.7 Å². The first-order valence-corrected chi connectivity index (χ1v) is 8.27. The SMILES string of the molecule is CCCCOC(=O)C(C)C(CC(C)C)C(=O)OCCCC. The fourth-order valence-corrected chi connectivity index (χ4v) is 2.05. The van der Waals surface area contributed by atoms with Crippen molar-refractivity contribution in [1.82, 2.24) is 0 Å². The van der Waals surface area contributed by atoms with Gasteiger partial charge in [0.05, 0.1) is 25.0 Å². The number of hydrogen-bond donors (Lipinski definition) is 0. The lowest BCUT2D eigenvalue weighted by Gasteiger charge is -2.23. The van der Waals surface area contributed by atoms with Crippen LogP contribution in [-0.4, -0.2) is 25.2 Å². The molecule has 0 heterocycles. The van der Waals surface area contributed by atoms with E-state index in [9.17, 15) is 9.59 Å². The number of esters is 2. The molecule has 124 valence electrons. The average molecular weight is 300 g/mol. The minimum atomic E-state index is -0.446. The Kier molecular flexibility index (Phi) is 11.0. The normalized spacial score (nSPS) is 13.8. The molecule has 0 radical (unpaired) electrons. The van der Waals surface area contributed by atoms with E-state index < -0.39 is 11.8 Å². The first-order valence-electron chi connectivity index (χ1n) is 8.27. The highest BCUT2D eigenvalue weighted by Crippen LogP contribution is 2.23. The lowest BCUT2D eigenvalue weighted by Crippen LogP contribution is -2.32. The van der Waals surface area contributed by atoms with Crippen molar-refractivity contribution in [2.24, 2.45) is 17.8 Å². The summed E-state index contributed by atoms with van der Waals surface area (Å²) in [7, 11) is 0. The molecule has 2 atom stereocenters. The van der Waals surface area contributed by atoms with Gasteiger partial charge in [-0.05, 0) is 25.2 Å². The fourth-order valence-electron chi connectivity index (χ4n) is 2.05. The van der Waals surface area contributed by atoms with Crippen LogP contribution >= 0.6 is 0 Å². The molecule has 0 aromatic heterocycles. The van der Waals surface area contributed by atoms with Gasteiger partial charge < -0.3 is 9.47 Å². The summed E-state index contributed by atoms with van der Waals surface area (Å²) in [5.74, 6) is -1.08. The molecule has 0 spiro atoms. The van der Waals surface area contributed by atoms with Crippen LogP contribution in [0.3, 0.4) is 0 Å². The second-order valence-corrected chi connectivity index (χ2v) is 6.07. The van der Waals surface area contributed by atoms with Gasteiger partial charge in [0.15, 0.2) is 0 Å². The lowest BCUT2D eigenvalue weighted by molar-refractivity contribution is -0.161. The molecule has 4 nitrogen and oxygen atoms in total. The molecule has 0 aromatic rings. The minimum Gasteiger partial charge on any atom is -0.465 e. The molecular weight excluding hydrogens is 268 g/mol. The third-order valence-corrected chi connectivity index (χ3v) is 3.49. The molecule has 2 unspecified atom stereocenters. The van der Waals surface area contributed by atoms with Gasteiger partial charge in [0, 0.05) is 0 Å². The van der Waals surface area contributed by atoms with E-state index in [1.165, 1.54) is 0 Å². The smallest absolute Gasteiger partial charge is 0.309 e. The maximum absolute atomic E-state index is 12.2. The molecule has 21 heavy (non-hydrogen) atoms. The summed E-state index contributed by atoms with van der Waals surface area (Å²) in [5, 5.41) is 0. The lowest BCUT2D eigenvalue weighted by atomic mass is 9.86. The molecule has 0 aromatic carbocycles. The summed E-state index contributed by atoms with van der Waals surface area (Å²) in [4.78, 5) is 24.2. The Labute approximate surface area is 129 Å². The zero-order chi connectivity index (χ0) is 16.3. The summed E-state index contributed by atoms with van der Waals surface area (Å²) < 4.78 is 10.5. The highest BCUT2D eigenvalue weighted by Gasteiger charge is 2.33. The van der Waals surface area contributed by atoms with Crippen LogP contribution < -0.4 is 0 Å². The van der Waals surface area contributed by atoms with Gasteiger partial charge in [-0.2, -0.15) is 0 Å². The zero-order valence-electron chi connectivity index (χ0n) is 14.3. The first-order chi connectivity index (χ1) is 9.93. The molecule has 0 aliphatic carbocycles. The van der Waals surface area contributed by atoms with Crippen molar-refractivity contribution in [3.05, 3.63) is 0 Å². The van der Waals surface area contributed by atoms with Gasteiger partial charge in [0.1, 0.15) is 0 Å². The summed E-state index contributed by atoms with van der Waals surface area (Å²) in [5.41, 5.74) is 0. The van der Waals surface area contributed by atoms with Gasteiger partial charge in [-0.25, -0.2) is 0 Å². The number of ether oxygens (including phenoxy) is 2. The fraction of sp³-hybridized carbons (Fsp3) is 0.882. The molecule has 0 amide bonds. The van der Waals surface area contributed by atoms with E-state index in [-0.39, 0.29) is 11.9 Å². The molecule has 0 saturated carbocycles. The van der Waals surface area contributed by atoms with E-state index >= 15 is 0 Å². The number of unbranched alkanes of at least 4 members (excludes halogenated alkanes) is 2. The Bertz CT molecular complexity index is 299. The summed E-state index contributed by atoms with van der Waals surface area (Å²) in [6.07, 6.45) is 4.33. The van der Waals surface area contributed by atoms with Gasteiger partial charge in [-0.3, -0.25) is 9.59 Å². The Hall–Kier alpha value is -1.06. The van der Waals surface area contributed by atoms with Crippen molar-refractivity contribution in [1.29, 1.82) is 0 Å². The Morgan fingerprint density at radius 1 is 0.857 bits per heavy atom. The first kappa shape index (κ1) is 19.9. The van der Waals surface area contributed by atoms with Crippen LogP contribution in [0.1, 0.15) is 66.7 Å². The van der Waals surface area contributed by atoms with Crippen LogP contribution in [0.4, 0.5) is 0 Å². The maximum Gasteiger partial charge on any atom is 0.309 e. The van der Waals surface area contributed by atoms with Gasteiger partial charge in [-0.15, -0.1) is 0 Å². The van der Waals surface area contributed by atoms with Crippen LogP contribution in [0.5, 0.6) is 0 Å². The van der Waals surface area contributed by atoms with E-state index in [0.717, 1.165) is 25.7 Å². The number of carbonyl (C=O) groups is 2. The predicted octanol–water partition coefficient (Wildman–Crippen LogP) is 3.97. The van der Waals surface area contributed by atoms with Crippen LogP contribution in [0, 0.1) is 17.8 Å². The summed E-state index contributed by atoms with van der Waals surface area (Å²) >= 11 is 0. The summed E-state index contributed by atoms with van der Waals surface area (Å²) in [6, 6.07) is 0. The van der Waals surface area contributed by atoms with Crippen molar-refractivity contribution in [2.75, 3.05) is 13.2 Å². The maximum atomic E-state index is 12.2. The van der Waals surface area contributed by atoms with Crippen molar-refractivity contribution >= 4 is 11.9 Å². The van der Waals surface area contributed by atoms with E-state index in [2.05, 4.69) is 0 Å². The molecule has 0 fully saturated rings. The quantitative estimate of drug-likeness (QED) is 0.428. The molecule has 4 heteroatoms. The molecule has 0 N–H and O–H groups in total. The highest BCUT2D eigenvalue weighted by molar-refractivity contribution is 5.81. The van der Waals surface area contributed by atoms with E-state index in [1.54, 1.807) is 6.92 Å². The third-order valence-electron chi connectivity index (χ3n) is 3.49. The number of rotatable bonds is 11. The number of carbonyl (C=O) groups excluding carboxylic acids is 2. The average Bonchev–Trinajstić information content (AvgIpc) is 2.44. The largest absolute Gasteiger partial charge is 0.465 e. The Balaban J connectivity index is 4.56. The van der Waals surface area contributed by atoms with Crippen molar-refractivity contribution < 1.29 is 19.1 Å². The van der Waals surface area contributed by atoms with Gasteiger partial charge in [-0.1, -0.05) is 47.5 Å². The highest BCUT2D eigenvalue weighted by atomic mass is 16.5. The monoisotopic (exact) mass is 300 g/mol. The molecular formula is C17H32O4. The topological polar surface area (TPSA) is 52.6 Å². The van der Waals surface area contributed by atoms with Crippen molar-refractivity contribution in [3.63, 3.8) is 0 Å². The third kappa shape index (κ3) is 8.74. The van der Waals surface area contributed by atoms with Crippen molar-refractivity contribution in [3.8, 4) is 0 Å². The van der Waals surface area contributed by atoms with Crippen LogP contribution in [-0.2, 0) is 19.1 Å². The van der Waals surface area contributed by atoms with E-state index in [0.29, 0.717) is 25.6 Å². The molecule has 0 aliphatic heterocycles. The zero-order valence-corrected chi connectivity index (χ0v) is 14.3.